The predicted octanol–water partition coefficient (Wildman–Crippen LogP) is 3.45. The molecule has 4 aromatic heterocycles. The van der Waals surface area contributed by atoms with Gasteiger partial charge in [-0.2, -0.15) is 0 Å². The van der Waals surface area contributed by atoms with Crippen LogP contribution in [0.3, 0.4) is 0 Å². The minimum atomic E-state index is -0.292. The average Bonchev–Trinajstić information content (AvgIpc) is 2.74. The average molecular weight is 371 g/mol. The molecule has 1 N–H and O–H groups in total. The van der Waals surface area contributed by atoms with Gasteiger partial charge in [0.1, 0.15) is 11.4 Å². The fraction of sp³-hybridized carbons (Fsp3) is 0.0952. The van der Waals surface area contributed by atoms with E-state index >= 15 is 0 Å². The molecule has 0 bridgehead atoms. The number of fused-ring (bicyclic) bond motifs is 1. The monoisotopic (exact) mass is 371 g/mol. The first-order valence-corrected chi connectivity index (χ1v) is 8.73. The maximum atomic E-state index is 12.5. The Morgan fingerprint density at radius 3 is 2.71 bits per heavy atom. The molecule has 1 amide bonds. The zero-order valence-corrected chi connectivity index (χ0v) is 15.2. The zero-order valence-electron chi connectivity index (χ0n) is 15.2. The zero-order chi connectivity index (χ0) is 19.3. The summed E-state index contributed by atoms with van der Waals surface area (Å²) in [7, 11) is 0. The van der Waals surface area contributed by atoms with Crippen LogP contribution in [0, 0.1) is 6.92 Å². The van der Waals surface area contributed by atoms with Gasteiger partial charge >= 0.3 is 0 Å². The first-order chi connectivity index (χ1) is 13.7. The van der Waals surface area contributed by atoms with Crippen molar-refractivity contribution in [2.75, 3.05) is 0 Å². The summed E-state index contributed by atoms with van der Waals surface area (Å²) in [5.74, 6) is 0.708. The van der Waals surface area contributed by atoms with Crippen molar-refractivity contribution < 1.29 is 9.53 Å². The largest absolute Gasteiger partial charge is 0.437 e. The second kappa shape index (κ2) is 7.79. The molecule has 0 atom stereocenters. The Morgan fingerprint density at radius 2 is 1.86 bits per heavy atom. The minimum absolute atomic E-state index is 0.253. The number of aromatic nitrogens is 4. The Bertz CT molecular complexity index is 1130. The molecule has 0 saturated heterocycles. The van der Waals surface area contributed by atoms with Crippen LogP contribution in [-0.2, 0) is 6.54 Å². The second-order valence-electron chi connectivity index (χ2n) is 6.13. The van der Waals surface area contributed by atoms with E-state index in [1.807, 2.05) is 43.3 Å². The maximum absolute atomic E-state index is 12.5. The van der Waals surface area contributed by atoms with E-state index in [9.17, 15) is 4.79 Å². The third kappa shape index (κ3) is 3.93. The van der Waals surface area contributed by atoms with Crippen LogP contribution in [0.5, 0.6) is 11.6 Å². The fourth-order valence-electron chi connectivity index (χ4n) is 2.62. The molecule has 7 heteroatoms. The van der Waals surface area contributed by atoms with Crippen molar-refractivity contribution in [3.05, 3.63) is 84.1 Å². The summed E-state index contributed by atoms with van der Waals surface area (Å²) >= 11 is 0. The number of ether oxygens (including phenoxy) is 1. The third-order valence-corrected chi connectivity index (χ3v) is 4.08. The summed E-state index contributed by atoms with van der Waals surface area (Å²) in [6, 6.07) is 14.6. The molecular formula is C21H17N5O2. The molecule has 0 fully saturated rings. The van der Waals surface area contributed by atoms with E-state index in [0.29, 0.717) is 23.0 Å². The molecule has 0 aliphatic rings. The van der Waals surface area contributed by atoms with Gasteiger partial charge in [-0.15, -0.1) is 0 Å². The Morgan fingerprint density at radius 1 is 1.00 bits per heavy atom. The molecular weight excluding hydrogens is 354 g/mol. The third-order valence-electron chi connectivity index (χ3n) is 4.08. The van der Waals surface area contributed by atoms with Crippen molar-refractivity contribution in [2.45, 2.75) is 13.5 Å². The lowest BCUT2D eigenvalue weighted by atomic mass is 10.2. The molecule has 0 saturated carbocycles. The molecule has 4 aromatic rings. The number of carbonyl (C=O) groups excluding carboxylic acids is 1. The number of nitrogens with one attached hydrogen (secondary N) is 1. The molecule has 0 radical (unpaired) electrons. The van der Waals surface area contributed by atoms with Crippen LogP contribution in [0.25, 0.3) is 11.0 Å². The summed E-state index contributed by atoms with van der Waals surface area (Å²) in [5.41, 5.74) is 2.49. The minimum Gasteiger partial charge on any atom is -0.437 e. The second-order valence-corrected chi connectivity index (χ2v) is 6.13. The number of pyridine rings is 4. The normalized spacial score (nSPS) is 10.6. The van der Waals surface area contributed by atoms with Crippen LogP contribution >= 0.6 is 0 Å². The first kappa shape index (κ1) is 17.5. The number of amides is 1. The first-order valence-electron chi connectivity index (χ1n) is 8.73. The van der Waals surface area contributed by atoms with Crippen LogP contribution in [0.15, 0.2) is 67.1 Å². The highest BCUT2D eigenvalue weighted by Crippen LogP contribution is 2.22. The van der Waals surface area contributed by atoms with Gasteiger partial charge in [0.05, 0.1) is 6.20 Å². The number of hydrogen-bond donors (Lipinski definition) is 1. The van der Waals surface area contributed by atoms with Crippen molar-refractivity contribution in [1.82, 2.24) is 25.3 Å². The van der Waals surface area contributed by atoms with Crippen molar-refractivity contribution >= 4 is 16.9 Å². The van der Waals surface area contributed by atoms with Gasteiger partial charge in [0.15, 0.2) is 5.65 Å². The quantitative estimate of drug-likeness (QED) is 0.578. The molecule has 0 aromatic carbocycles. The molecule has 28 heavy (non-hydrogen) atoms. The van der Waals surface area contributed by atoms with Crippen molar-refractivity contribution in [2.24, 2.45) is 0 Å². The lowest BCUT2D eigenvalue weighted by Gasteiger charge is -2.11. The van der Waals surface area contributed by atoms with Gasteiger partial charge in [-0.05, 0) is 49.4 Å². The van der Waals surface area contributed by atoms with E-state index in [-0.39, 0.29) is 12.5 Å². The summed E-state index contributed by atoms with van der Waals surface area (Å²) in [4.78, 5) is 29.5. The van der Waals surface area contributed by atoms with Gasteiger partial charge in [-0.1, -0.05) is 6.07 Å². The number of nitrogens with zero attached hydrogens (tertiary/aromatic N) is 4. The Kier molecular flexibility index (Phi) is 4.88. The van der Waals surface area contributed by atoms with E-state index in [1.54, 1.807) is 30.7 Å². The number of carbonyl (C=O) groups is 1. The Balaban J connectivity index is 1.48. The highest BCUT2D eigenvalue weighted by molar-refractivity contribution is 5.94. The fourth-order valence-corrected chi connectivity index (χ4v) is 2.62. The molecule has 0 unspecified atom stereocenters. The van der Waals surface area contributed by atoms with E-state index < -0.39 is 0 Å². The van der Waals surface area contributed by atoms with E-state index in [0.717, 1.165) is 16.6 Å². The standard InChI is InChI=1S/C21H17N5O2/c1-14-6-8-17(13-24-14)28-21-16(5-3-11-23-21)12-25-20(27)18-9-7-15-4-2-10-22-19(15)26-18/h2-11,13H,12H2,1H3,(H,25,27). The summed E-state index contributed by atoms with van der Waals surface area (Å²) in [5, 5.41) is 3.73. The molecule has 7 nitrogen and oxygen atoms in total. The summed E-state index contributed by atoms with van der Waals surface area (Å²) in [6.07, 6.45) is 4.92. The van der Waals surface area contributed by atoms with Crippen molar-refractivity contribution in [1.29, 1.82) is 0 Å². The number of hydrogen-bond acceptors (Lipinski definition) is 6. The smallest absolute Gasteiger partial charge is 0.270 e. The van der Waals surface area contributed by atoms with Crippen LogP contribution in [0.1, 0.15) is 21.7 Å². The summed E-state index contributed by atoms with van der Waals surface area (Å²) in [6.45, 7) is 2.16. The molecule has 4 rings (SSSR count). The number of aryl methyl sites for hydroxylation is 1. The highest BCUT2D eigenvalue weighted by Gasteiger charge is 2.11. The molecule has 4 heterocycles. The van der Waals surface area contributed by atoms with Gasteiger partial charge in [-0.25, -0.2) is 15.0 Å². The highest BCUT2D eigenvalue weighted by atomic mass is 16.5. The molecule has 0 spiro atoms. The van der Waals surface area contributed by atoms with Gasteiger partial charge in [0.2, 0.25) is 5.88 Å². The van der Waals surface area contributed by atoms with Crippen LogP contribution in [0.2, 0.25) is 0 Å². The summed E-state index contributed by atoms with van der Waals surface area (Å²) < 4.78 is 5.81. The van der Waals surface area contributed by atoms with Crippen molar-refractivity contribution in [3.8, 4) is 11.6 Å². The van der Waals surface area contributed by atoms with Crippen molar-refractivity contribution in [3.63, 3.8) is 0 Å². The molecule has 138 valence electrons. The van der Waals surface area contributed by atoms with E-state index in [4.69, 9.17) is 4.74 Å². The topological polar surface area (TPSA) is 89.9 Å². The van der Waals surface area contributed by atoms with Gasteiger partial charge in [0.25, 0.3) is 5.91 Å². The van der Waals surface area contributed by atoms with Crippen LogP contribution < -0.4 is 10.1 Å². The van der Waals surface area contributed by atoms with Gasteiger partial charge < -0.3 is 10.1 Å². The SMILES string of the molecule is Cc1ccc(Oc2ncccc2CNC(=O)c2ccc3cccnc3n2)cn1. The number of rotatable bonds is 5. The van der Waals surface area contributed by atoms with Crippen LogP contribution in [-0.4, -0.2) is 25.8 Å². The lowest BCUT2D eigenvalue weighted by Crippen LogP contribution is -2.24. The Hall–Kier alpha value is -3.87. The lowest BCUT2D eigenvalue weighted by molar-refractivity contribution is 0.0946. The van der Waals surface area contributed by atoms with E-state index in [2.05, 4.69) is 25.3 Å². The molecule has 0 aliphatic heterocycles. The van der Waals surface area contributed by atoms with Crippen LogP contribution in [0.4, 0.5) is 0 Å². The predicted molar refractivity (Wildman–Crippen MR) is 104 cm³/mol. The van der Waals surface area contributed by atoms with Gasteiger partial charge in [-0.3, -0.25) is 9.78 Å². The van der Waals surface area contributed by atoms with E-state index in [1.165, 1.54) is 0 Å². The van der Waals surface area contributed by atoms with Gasteiger partial charge in [0, 0.05) is 35.6 Å². The Labute approximate surface area is 161 Å². The maximum Gasteiger partial charge on any atom is 0.270 e. The molecule has 0 aliphatic carbocycles.